The minimum absolute atomic E-state index is 0.611. The predicted molar refractivity (Wildman–Crippen MR) is 219 cm³/mol. The summed E-state index contributed by atoms with van der Waals surface area (Å²) < 4.78 is 6.68. The van der Waals surface area contributed by atoms with Crippen molar-refractivity contribution in [3.05, 3.63) is 194 Å². The van der Waals surface area contributed by atoms with Crippen LogP contribution < -0.4 is 9.64 Å². The van der Waals surface area contributed by atoms with Gasteiger partial charge in [-0.25, -0.2) is 15.0 Å². The number of anilines is 3. The zero-order chi connectivity index (χ0) is 35.8. The van der Waals surface area contributed by atoms with E-state index in [1.807, 2.05) is 66.7 Å². The second-order valence-corrected chi connectivity index (χ2v) is 13.2. The van der Waals surface area contributed by atoms with Crippen LogP contribution in [-0.2, 0) is 0 Å². The van der Waals surface area contributed by atoms with Crippen molar-refractivity contribution >= 4 is 27.8 Å². The summed E-state index contributed by atoms with van der Waals surface area (Å²) in [4.78, 5) is 17.3. The molecular formula is C49H32N4O. The van der Waals surface area contributed by atoms with Crippen LogP contribution in [0.2, 0.25) is 0 Å². The number of nitrogens with zero attached hydrogens (tertiary/aromatic N) is 4. The van der Waals surface area contributed by atoms with Crippen LogP contribution in [0.15, 0.2) is 194 Å². The smallest absolute Gasteiger partial charge is 0.164 e. The fraction of sp³-hybridized carbons (Fsp3) is 0. The van der Waals surface area contributed by atoms with Gasteiger partial charge in [-0.15, -0.1) is 0 Å². The number of ether oxygens (including phenoxy) is 1. The predicted octanol–water partition coefficient (Wildman–Crippen LogP) is 12.9. The molecule has 0 saturated heterocycles. The van der Waals surface area contributed by atoms with Gasteiger partial charge < -0.3 is 9.64 Å². The second-order valence-electron chi connectivity index (χ2n) is 13.2. The highest BCUT2D eigenvalue weighted by molar-refractivity contribution is 6.09. The maximum atomic E-state index is 6.68. The minimum atomic E-state index is 0.611. The third-order valence-corrected chi connectivity index (χ3v) is 9.90. The van der Waals surface area contributed by atoms with Crippen molar-refractivity contribution in [3.63, 3.8) is 0 Å². The molecule has 1 aliphatic heterocycles. The Hall–Kier alpha value is -7.37. The standard InChI is InChI=1S/C49H32N4O/c1-5-15-33(16-6-1)36-21-13-24-38(31-36)53(37-22-11-4-12-23-37)39-27-29-44-43(32-39)41-26-14-25-40-42(28-30-45(54-44)46(40)41)49-51-47(34-17-7-2-8-18-34)50-48(52-49)35-19-9-3-10-20-35/h1-32H. The van der Waals surface area contributed by atoms with Gasteiger partial charge in [-0.1, -0.05) is 140 Å². The lowest BCUT2D eigenvalue weighted by molar-refractivity contribution is 0.487. The molecule has 1 aliphatic rings. The van der Waals surface area contributed by atoms with Crippen molar-refractivity contribution in [2.45, 2.75) is 0 Å². The van der Waals surface area contributed by atoms with Crippen LogP contribution >= 0.6 is 0 Å². The van der Waals surface area contributed by atoms with Crippen LogP contribution in [0.3, 0.4) is 0 Å². The van der Waals surface area contributed by atoms with Gasteiger partial charge in [0.25, 0.3) is 0 Å². The molecule has 0 spiro atoms. The number of hydrogen-bond acceptors (Lipinski definition) is 5. The number of aromatic nitrogens is 3. The molecule has 5 heteroatoms. The molecule has 0 saturated carbocycles. The number of rotatable bonds is 7. The summed E-state index contributed by atoms with van der Waals surface area (Å²) in [5.41, 5.74) is 10.4. The molecule has 0 fully saturated rings. The zero-order valence-electron chi connectivity index (χ0n) is 29.2. The maximum Gasteiger partial charge on any atom is 0.164 e. The van der Waals surface area contributed by atoms with E-state index in [0.717, 1.165) is 72.7 Å². The van der Waals surface area contributed by atoms with Gasteiger partial charge in [0.15, 0.2) is 17.5 Å². The Labute approximate surface area is 313 Å². The van der Waals surface area contributed by atoms with Crippen LogP contribution in [0.25, 0.3) is 67.2 Å². The second kappa shape index (κ2) is 13.3. The first kappa shape index (κ1) is 31.4. The van der Waals surface area contributed by atoms with E-state index >= 15 is 0 Å². The third kappa shape index (κ3) is 5.65. The highest BCUT2D eigenvalue weighted by Crippen LogP contribution is 2.50. The van der Waals surface area contributed by atoms with Crippen molar-refractivity contribution in [2.24, 2.45) is 0 Å². The summed E-state index contributed by atoms with van der Waals surface area (Å²) in [7, 11) is 0. The van der Waals surface area contributed by atoms with Gasteiger partial charge >= 0.3 is 0 Å². The van der Waals surface area contributed by atoms with Crippen LogP contribution in [0.1, 0.15) is 0 Å². The molecule has 9 aromatic rings. The SMILES string of the molecule is c1ccc(-c2cccc(N(c3ccccc3)c3ccc4c(c3)-c3cccc5c(-c6nc(-c7ccccc7)nc(-c7ccccc7)n6)ccc(c35)O4)c2)cc1. The maximum absolute atomic E-state index is 6.68. The molecule has 0 unspecified atom stereocenters. The molecule has 0 bridgehead atoms. The molecule has 254 valence electrons. The van der Waals surface area contributed by atoms with Crippen molar-refractivity contribution in [1.29, 1.82) is 0 Å². The van der Waals surface area contributed by atoms with Crippen LogP contribution in [0, 0.1) is 0 Å². The van der Waals surface area contributed by atoms with Crippen molar-refractivity contribution in [3.8, 4) is 67.9 Å². The van der Waals surface area contributed by atoms with E-state index in [9.17, 15) is 0 Å². The van der Waals surface area contributed by atoms with Gasteiger partial charge in [0.05, 0.1) is 0 Å². The molecule has 5 nitrogen and oxygen atoms in total. The molecule has 54 heavy (non-hydrogen) atoms. The normalized spacial score (nSPS) is 11.5. The first-order valence-electron chi connectivity index (χ1n) is 18.0. The van der Waals surface area contributed by atoms with E-state index in [1.165, 1.54) is 5.56 Å². The summed E-state index contributed by atoms with van der Waals surface area (Å²) in [5, 5.41) is 2.04. The molecule has 0 atom stereocenters. The lowest BCUT2D eigenvalue weighted by atomic mass is 9.92. The molecule has 1 aromatic heterocycles. The van der Waals surface area contributed by atoms with Gasteiger partial charge in [-0.2, -0.15) is 0 Å². The molecule has 10 rings (SSSR count). The van der Waals surface area contributed by atoms with Gasteiger partial charge in [-0.05, 0) is 76.7 Å². The Morgan fingerprint density at radius 1 is 0.333 bits per heavy atom. The first-order chi connectivity index (χ1) is 26.8. The number of benzene rings is 8. The highest BCUT2D eigenvalue weighted by Gasteiger charge is 2.25. The van der Waals surface area contributed by atoms with Crippen molar-refractivity contribution in [1.82, 2.24) is 15.0 Å². The summed E-state index contributed by atoms with van der Waals surface area (Å²) in [6, 6.07) is 66.9. The van der Waals surface area contributed by atoms with Gasteiger partial charge in [-0.3, -0.25) is 0 Å². The fourth-order valence-corrected chi connectivity index (χ4v) is 7.36. The van der Waals surface area contributed by atoms with Crippen molar-refractivity contribution in [2.75, 3.05) is 4.90 Å². The Bertz CT molecular complexity index is 2730. The van der Waals surface area contributed by atoms with E-state index < -0.39 is 0 Å². The topological polar surface area (TPSA) is 51.1 Å². The van der Waals surface area contributed by atoms with E-state index in [2.05, 4.69) is 132 Å². The largest absolute Gasteiger partial charge is 0.456 e. The Balaban J connectivity index is 1.12. The Morgan fingerprint density at radius 3 is 1.56 bits per heavy atom. The summed E-state index contributed by atoms with van der Waals surface area (Å²) in [6.45, 7) is 0. The third-order valence-electron chi connectivity index (χ3n) is 9.90. The summed E-state index contributed by atoms with van der Waals surface area (Å²) in [6.07, 6.45) is 0. The molecular weight excluding hydrogens is 661 g/mol. The average molecular weight is 693 g/mol. The van der Waals surface area contributed by atoms with Crippen molar-refractivity contribution < 1.29 is 4.74 Å². The zero-order valence-corrected chi connectivity index (χ0v) is 29.2. The molecule has 0 N–H and O–H groups in total. The van der Waals surface area contributed by atoms with E-state index in [1.54, 1.807) is 0 Å². The van der Waals surface area contributed by atoms with Gasteiger partial charge in [0.1, 0.15) is 11.5 Å². The Morgan fingerprint density at radius 2 is 0.870 bits per heavy atom. The van der Waals surface area contributed by atoms with Crippen LogP contribution in [0.4, 0.5) is 17.1 Å². The summed E-state index contributed by atoms with van der Waals surface area (Å²) >= 11 is 0. The lowest BCUT2D eigenvalue weighted by Crippen LogP contribution is -2.10. The lowest BCUT2D eigenvalue weighted by Gasteiger charge is -2.28. The molecule has 0 aliphatic carbocycles. The molecule has 0 radical (unpaired) electrons. The van der Waals surface area contributed by atoms with E-state index in [0.29, 0.717) is 17.5 Å². The molecule has 0 amide bonds. The van der Waals surface area contributed by atoms with E-state index in [4.69, 9.17) is 19.7 Å². The van der Waals surface area contributed by atoms with Gasteiger partial charge in [0.2, 0.25) is 0 Å². The average Bonchev–Trinajstić information content (AvgIpc) is 3.25. The van der Waals surface area contributed by atoms with Crippen LogP contribution in [0.5, 0.6) is 11.5 Å². The van der Waals surface area contributed by atoms with Gasteiger partial charge in [0, 0.05) is 44.7 Å². The fourth-order valence-electron chi connectivity index (χ4n) is 7.36. The monoisotopic (exact) mass is 692 g/mol. The number of hydrogen-bond donors (Lipinski definition) is 0. The van der Waals surface area contributed by atoms with Crippen LogP contribution in [-0.4, -0.2) is 15.0 Å². The quantitative estimate of drug-likeness (QED) is 0.166. The first-order valence-corrected chi connectivity index (χ1v) is 18.0. The van der Waals surface area contributed by atoms with E-state index in [-0.39, 0.29) is 0 Å². The minimum Gasteiger partial charge on any atom is -0.456 e. The number of para-hydroxylation sites is 1. The molecule has 2 heterocycles. The summed E-state index contributed by atoms with van der Waals surface area (Å²) in [5.74, 6) is 3.49. The highest BCUT2D eigenvalue weighted by atomic mass is 16.5. The molecule has 8 aromatic carbocycles. The Kier molecular flexibility index (Phi) is 7.73. The number of fused-ring (bicyclic) bond motifs is 2.